The largest absolute Gasteiger partial charge is 0.498 e. The third-order valence-corrected chi connectivity index (χ3v) is 2.06. The molecule has 0 spiro atoms. The first-order chi connectivity index (χ1) is 4.72. The Morgan fingerprint density at radius 3 is 2.50 bits per heavy atom. The minimum absolute atomic E-state index is 0.667. The monoisotopic (exact) mass is 140 g/mol. The van der Waals surface area contributed by atoms with Crippen molar-refractivity contribution < 1.29 is 4.74 Å². The van der Waals surface area contributed by atoms with E-state index in [-0.39, 0.29) is 0 Å². The van der Waals surface area contributed by atoms with Crippen LogP contribution in [0.4, 0.5) is 0 Å². The van der Waals surface area contributed by atoms with Crippen molar-refractivity contribution >= 4 is 0 Å². The maximum absolute atomic E-state index is 5.43. The topological polar surface area (TPSA) is 9.23 Å². The van der Waals surface area contributed by atoms with Gasteiger partial charge in [0.25, 0.3) is 0 Å². The van der Waals surface area contributed by atoms with Crippen LogP contribution >= 0.6 is 0 Å². The van der Waals surface area contributed by atoms with E-state index in [2.05, 4.69) is 20.8 Å². The Kier molecular flexibility index (Phi) is 2.36. The normalized spacial score (nSPS) is 19.6. The molecule has 0 aliphatic carbocycles. The lowest BCUT2D eigenvalue weighted by atomic mass is 9.96. The van der Waals surface area contributed by atoms with E-state index >= 15 is 0 Å². The summed E-state index contributed by atoms with van der Waals surface area (Å²) >= 11 is 0. The zero-order valence-corrected chi connectivity index (χ0v) is 7.11. The number of allylic oxidation sites excluding steroid dienone is 2. The third kappa shape index (κ3) is 1.53. The van der Waals surface area contributed by atoms with E-state index in [1.54, 1.807) is 0 Å². The van der Waals surface area contributed by atoms with Crippen LogP contribution < -0.4 is 0 Å². The molecule has 0 amide bonds. The summed E-state index contributed by atoms with van der Waals surface area (Å²) in [6.45, 7) is 7.46. The molecule has 0 saturated carbocycles. The van der Waals surface area contributed by atoms with E-state index in [9.17, 15) is 0 Å². The minimum atomic E-state index is 0.667. The van der Waals surface area contributed by atoms with Crippen molar-refractivity contribution in [1.29, 1.82) is 0 Å². The highest BCUT2D eigenvalue weighted by Gasteiger charge is 2.12. The summed E-state index contributed by atoms with van der Waals surface area (Å²) in [7, 11) is 0. The van der Waals surface area contributed by atoms with Crippen molar-refractivity contribution in [3.63, 3.8) is 0 Å². The number of hydrogen-bond acceptors (Lipinski definition) is 1. The summed E-state index contributed by atoms with van der Waals surface area (Å²) in [6.07, 6.45) is 2.44. The van der Waals surface area contributed by atoms with Crippen LogP contribution in [0.2, 0.25) is 0 Å². The van der Waals surface area contributed by atoms with Gasteiger partial charge in [-0.25, -0.2) is 0 Å². The predicted molar refractivity (Wildman–Crippen MR) is 42.7 cm³/mol. The zero-order valence-electron chi connectivity index (χ0n) is 7.11. The lowest BCUT2D eigenvalue weighted by molar-refractivity contribution is 0.184. The lowest BCUT2D eigenvalue weighted by Crippen LogP contribution is -2.08. The first kappa shape index (κ1) is 7.64. The average molecular weight is 140 g/mol. The van der Waals surface area contributed by atoms with Gasteiger partial charge in [0, 0.05) is 0 Å². The second-order valence-corrected chi connectivity index (χ2v) is 3.19. The molecule has 1 rings (SSSR count). The van der Waals surface area contributed by atoms with Gasteiger partial charge in [-0.3, -0.25) is 0 Å². The van der Waals surface area contributed by atoms with Crippen LogP contribution in [0, 0.1) is 5.92 Å². The number of rotatable bonds is 1. The van der Waals surface area contributed by atoms with Crippen LogP contribution in [-0.2, 0) is 4.74 Å². The van der Waals surface area contributed by atoms with Gasteiger partial charge in [-0.15, -0.1) is 0 Å². The second kappa shape index (κ2) is 3.09. The van der Waals surface area contributed by atoms with E-state index in [0.717, 1.165) is 6.61 Å². The first-order valence-corrected chi connectivity index (χ1v) is 4.04. The third-order valence-electron chi connectivity index (χ3n) is 2.06. The van der Waals surface area contributed by atoms with Gasteiger partial charge in [0.15, 0.2) is 0 Å². The first-order valence-electron chi connectivity index (χ1n) is 4.04. The van der Waals surface area contributed by atoms with E-state index in [1.165, 1.54) is 24.2 Å². The molecule has 10 heavy (non-hydrogen) atoms. The molecule has 0 aromatic carbocycles. The van der Waals surface area contributed by atoms with Gasteiger partial charge in [0.1, 0.15) is 0 Å². The van der Waals surface area contributed by atoms with Crippen molar-refractivity contribution in [2.24, 2.45) is 5.92 Å². The molecule has 0 saturated heterocycles. The molecule has 1 heteroatoms. The summed E-state index contributed by atoms with van der Waals surface area (Å²) in [5.41, 5.74) is 1.51. The molecule has 0 aromatic rings. The van der Waals surface area contributed by atoms with Crippen LogP contribution in [0.5, 0.6) is 0 Å². The summed E-state index contributed by atoms with van der Waals surface area (Å²) in [6, 6.07) is 0. The standard InChI is InChI=1S/C9H16O/c1-7(2)9-5-4-6-10-8(9)3/h7H,4-6H2,1-3H3. The number of hydrogen-bond donors (Lipinski definition) is 0. The second-order valence-electron chi connectivity index (χ2n) is 3.19. The van der Waals surface area contributed by atoms with Gasteiger partial charge in [0.2, 0.25) is 0 Å². The summed E-state index contributed by atoms with van der Waals surface area (Å²) < 4.78 is 5.43. The average Bonchev–Trinajstić information content (AvgIpc) is 1.88. The van der Waals surface area contributed by atoms with Gasteiger partial charge in [-0.1, -0.05) is 13.8 Å². The fraction of sp³-hybridized carbons (Fsp3) is 0.778. The highest BCUT2D eigenvalue weighted by molar-refractivity contribution is 5.10. The highest BCUT2D eigenvalue weighted by Crippen LogP contribution is 2.24. The zero-order chi connectivity index (χ0) is 7.56. The Morgan fingerprint density at radius 1 is 1.40 bits per heavy atom. The quantitative estimate of drug-likeness (QED) is 0.544. The van der Waals surface area contributed by atoms with Gasteiger partial charge >= 0.3 is 0 Å². The fourth-order valence-electron chi connectivity index (χ4n) is 1.45. The van der Waals surface area contributed by atoms with Crippen molar-refractivity contribution in [1.82, 2.24) is 0 Å². The molecule has 1 aliphatic rings. The molecule has 1 aliphatic heterocycles. The van der Waals surface area contributed by atoms with Crippen molar-refractivity contribution in [3.05, 3.63) is 11.3 Å². The smallest absolute Gasteiger partial charge is 0.0923 e. The Morgan fingerprint density at radius 2 is 2.10 bits per heavy atom. The van der Waals surface area contributed by atoms with E-state index in [0.29, 0.717) is 5.92 Å². The lowest BCUT2D eigenvalue weighted by Gasteiger charge is -2.21. The Hall–Kier alpha value is -0.460. The Bertz CT molecular complexity index is 145. The van der Waals surface area contributed by atoms with Crippen molar-refractivity contribution in [3.8, 4) is 0 Å². The van der Waals surface area contributed by atoms with Crippen LogP contribution in [0.1, 0.15) is 33.6 Å². The Labute approximate surface area is 63.1 Å². The number of ether oxygens (including phenoxy) is 1. The molecule has 0 N–H and O–H groups in total. The molecule has 0 unspecified atom stereocenters. The molecule has 0 atom stereocenters. The summed E-state index contributed by atoms with van der Waals surface area (Å²) in [5.74, 6) is 1.83. The van der Waals surface area contributed by atoms with Gasteiger partial charge in [-0.05, 0) is 31.3 Å². The van der Waals surface area contributed by atoms with Gasteiger partial charge in [0.05, 0.1) is 12.4 Å². The minimum Gasteiger partial charge on any atom is -0.498 e. The van der Waals surface area contributed by atoms with Crippen LogP contribution in [0.3, 0.4) is 0 Å². The van der Waals surface area contributed by atoms with E-state index in [1.807, 2.05) is 0 Å². The SMILES string of the molecule is CC1=C(C(C)C)CCCO1. The van der Waals surface area contributed by atoms with Crippen LogP contribution in [0.15, 0.2) is 11.3 Å². The summed E-state index contributed by atoms with van der Waals surface area (Å²) in [5, 5.41) is 0. The van der Waals surface area contributed by atoms with E-state index < -0.39 is 0 Å². The molecular formula is C9H16O. The van der Waals surface area contributed by atoms with Crippen molar-refractivity contribution in [2.75, 3.05) is 6.61 Å². The highest BCUT2D eigenvalue weighted by atomic mass is 16.5. The fourth-order valence-corrected chi connectivity index (χ4v) is 1.45. The molecule has 1 heterocycles. The molecule has 58 valence electrons. The van der Waals surface area contributed by atoms with Crippen molar-refractivity contribution in [2.45, 2.75) is 33.6 Å². The maximum Gasteiger partial charge on any atom is 0.0923 e. The molecule has 1 nitrogen and oxygen atoms in total. The van der Waals surface area contributed by atoms with Gasteiger partial charge < -0.3 is 4.74 Å². The molecular weight excluding hydrogens is 124 g/mol. The molecule has 0 fully saturated rings. The van der Waals surface area contributed by atoms with Crippen LogP contribution in [0.25, 0.3) is 0 Å². The molecule has 0 radical (unpaired) electrons. The Balaban J connectivity index is 2.68. The maximum atomic E-state index is 5.43. The summed E-state index contributed by atoms with van der Waals surface area (Å²) in [4.78, 5) is 0. The molecule has 0 bridgehead atoms. The molecule has 0 aromatic heterocycles. The van der Waals surface area contributed by atoms with Gasteiger partial charge in [-0.2, -0.15) is 0 Å². The van der Waals surface area contributed by atoms with E-state index in [4.69, 9.17) is 4.74 Å². The predicted octanol–water partition coefficient (Wildman–Crippen LogP) is 2.73. The van der Waals surface area contributed by atoms with Crippen LogP contribution in [-0.4, -0.2) is 6.61 Å².